The average molecular weight is 329 g/mol. The molecule has 2 atom stereocenters. The summed E-state index contributed by atoms with van der Waals surface area (Å²) in [7, 11) is 1.82. The second kappa shape index (κ2) is 9.66. The number of ether oxygens (including phenoxy) is 1. The van der Waals surface area contributed by atoms with Gasteiger partial charge in [-0.1, -0.05) is 6.42 Å². The summed E-state index contributed by atoms with van der Waals surface area (Å²) in [6.45, 7) is 0.659. The lowest BCUT2D eigenvalue weighted by atomic mass is 9.95. The van der Waals surface area contributed by atoms with Crippen molar-refractivity contribution in [1.82, 2.24) is 5.32 Å². The molecular formula is C16H25ClN2O3. The summed E-state index contributed by atoms with van der Waals surface area (Å²) in [5, 5.41) is 15.7. The smallest absolute Gasteiger partial charge is 0.225 e. The first-order valence-electron chi connectivity index (χ1n) is 7.58. The molecule has 2 rings (SSSR count). The Balaban J connectivity index is 0.00000242. The van der Waals surface area contributed by atoms with Crippen molar-refractivity contribution in [3.8, 4) is 5.75 Å². The van der Waals surface area contributed by atoms with E-state index in [0.29, 0.717) is 13.0 Å². The van der Waals surface area contributed by atoms with Gasteiger partial charge in [-0.2, -0.15) is 0 Å². The number of carbonyl (C=O) groups is 1. The van der Waals surface area contributed by atoms with Crippen LogP contribution in [0.15, 0.2) is 24.3 Å². The molecule has 2 unspecified atom stereocenters. The van der Waals surface area contributed by atoms with Gasteiger partial charge in [-0.25, -0.2) is 0 Å². The molecule has 1 aromatic rings. The van der Waals surface area contributed by atoms with E-state index >= 15 is 0 Å². The number of hydrogen-bond acceptors (Lipinski definition) is 4. The maximum absolute atomic E-state index is 11.6. The van der Waals surface area contributed by atoms with Gasteiger partial charge in [0.05, 0.1) is 6.10 Å². The molecule has 0 saturated heterocycles. The van der Waals surface area contributed by atoms with Crippen molar-refractivity contribution in [1.29, 1.82) is 0 Å². The van der Waals surface area contributed by atoms with Gasteiger partial charge in [-0.15, -0.1) is 12.4 Å². The fraction of sp³-hybridized carbons (Fsp3) is 0.562. The molecule has 6 heteroatoms. The number of aliphatic hydroxyl groups excluding tert-OH is 1. The van der Waals surface area contributed by atoms with Crippen LogP contribution in [0.4, 0.5) is 5.69 Å². The molecule has 0 heterocycles. The minimum absolute atomic E-state index is 0. The first-order valence-corrected chi connectivity index (χ1v) is 7.58. The van der Waals surface area contributed by atoms with E-state index in [1.807, 2.05) is 31.3 Å². The lowest BCUT2D eigenvalue weighted by molar-refractivity contribution is -0.116. The molecular weight excluding hydrogens is 304 g/mol. The van der Waals surface area contributed by atoms with Gasteiger partial charge in [0, 0.05) is 18.7 Å². The van der Waals surface area contributed by atoms with Crippen LogP contribution in [0.5, 0.6) is 5.75 Å². The zero-order chi connectivity index (χ0) is 15.1. The minimum Gasteiger partial charge on any atom is -0.488 e. The van der Waals surface area contributed by atoms with Crippen molar-refractivity contribution in [3.05, 3.63) is 24.3 Å². The number of halogens is 1. The number of anilines is 1. The summed E-state index contributed by atoms with van der Waals surface area (Å²) in [6.07, 6.45) is 3.83. The van der Waals surface area contributed by atoms with Gasteiger partial charge < -0.3 is 20.5 Å². The fourth-order valence-corrected chi connectivity index (χ4v) is 2.47. The average Bonchev–Trinajstić information content (AvgIpc) is 2.49. The van der Waals surface area contributed by atoms with Gasteiger partial charge >= 0.3 is 0 Å². The summed E-state index contributed by atoms with van der Waals surface area (Å²) in [5.74, 6) is 0.717. The largest absolute Gasteiger partial charge is 0.488 e. The molecule has 0 radical (unpaired) electrons. The van der Waals surface area contributed by atoms with Gasteiger partial charge in [0.1, 0.15) is 11.9 Å². The van der Waals surface area contributed by atoms with Crippen LogP contribution in [-0.4, -0.2) is 36.8 Å². The molecule has 0 spiro atoms. The number of rotatable bonds is 6. The van der Waals surface area contributed by atoms with Crippen molar-refractivity contribution in [2.75, 3.05) is 18.9 Å². The van der Waals surface area contributed by atoms with E-state index < -0.39 is 0 Å². The predicted octanol–water partition coefficient (Wildman–Crippen LogP) is 2.34. The Kier molecular flexibility index (Phi) is 8.24. The zero-order valence-corrected chi connectivity index (χ0v) is 13.7. The van der Waals surface area contributed by atoms with E-state index in [4.69, 9.17) is 4.74 Å². The highest BCUT2D eigenvalue weighted by Crippen LogP contribution is 2.24. The number of nitrogens with one attached hydrogen (secondary N) is 2. The maximum Gasteiger partial charge on any atom is 0.225 e. The molecule has 0 bridgehead atoms. The third-order valence-electron chi connectivity index (χ3n) is 3.70. The SMILES string of the molecule is CNCCC(=O)Nc1ccc(OC2CCCCC2O)cc1.Cl. The van der Waals surface area contributed by atoms with Crippen molar-refractivity contribution in [2.24, 2.45) is 0 Å². The van der Waals surface area contributed by atoms with Gasteiger partial charge in [0.25, 0.3) is 0 Å². The van der Waals surface area contributed by atoms with Crippen molar-refractivity contribution < 1.29 is 14.6 Å². The summed E-state index contributed by atoms with van der Waals surface area (Å²) in [6, 6.07) is 7.30. The molecule has 1 aliphatic rings. The van der Waals surface area contributed by atoms with E-state index in [9.17, 15) is 9.90 Å². The molecule has 1 saturated carbocycles. The number of benzene rings is 1. The lowest BCUT2D eigenvalue weighted by Gasteiger charge is -2.28. The molecule has 1 amide bonds. The Labute approximate surface area is 137 Å². The Morgan fingerprint density at radius 1 is 1.27 bits per heavy atom. The van der Waals surface area contributed by atoms with Crippen LogP contribution in [-0.2, 0) is 4.79 Å². The molecule has 5 nitrogen and oxygen atoms in total. The van der Waals surface area contributed by atoms with Crippen LogP contribution in [0.25, 0.3) is 0 Å². The standard InChI is InChI=1S/C16H24N2O3.ClH/c1-17-11-10-16(20)18-12-6-8-13(9-7-12)21-15-5-3-2-4-14(15)19;/h6-9,14-15,17,19H,2-5,10-11H2,1H3,(H,18,20);1H. The van der Waals surface area contributed by atoms with E-state index in [1.165, 1.54) is 0 Å². The Morgan fingerprint density at radius 3 is 2.59 bits per heavy atom. The summed E-state index contributed by atoms with van der Waals surface area (Å²) in [4.78, 5) is 11.6. The second-order valence-corrected chi connectivity index (χ2v) is 5.43. The van der Waals surface area contributed by atoms with Crippen molar-refractivity contribution in [3.63, 3.8) is 0 Å². The first kappa shape index (κ1) is 18.7. The molecule has 22 heavy (non-hydrogen) atoms. The monoisotopic (exact) mass is 328 g/mol. The zero-order valence-electron chi connectivity index (χ0n) is 12.9. The van der Waals surface area contributed by atoms with Gasteiger partial charge in [0.2, 0.25) is 5.91 Å². The highest BCUT2D eigenvalue weighted by atomic mass is 35.5. The molecule has 0 aliphatic heterocycles. The van der Waals surface area contributed by atoms with E-state index in [2.05, 4.69) is 10.6 Å². The van der Waals surface area contributed by atoms with Crippen LogP contribution >= 0.6 is 12.4 Å². The van der Waals surface area contributed by atoms with Crippen LogP contribution in [0, 0.1) is 0 Å². The maximum atomic E-state index is 11.6. The highest BCUT2D eigenvalue weighted by Gasteiger charge is 2.24. The normalized spacial score (nSPS) is 20.8. The molecule has 1 fully saturated rings. The summed E-state index contributed by atoms with van der Waals surface area (Å²) in [5.41, 5.74) is 0.757. The molecule has 124 valence electrons. The van der Waals surface area contributed by atoms with E-state index in [0.717, 1.165) is 37.1 Å². The highest BCUT2D eigenvalue weighted by molar-refractivity contribution is 5.90. The quantitative estimate of drug-likeness (QED) is 0.749. The van der Waals surface area contributed by atoms with Gasteiger partial charge in [-0.3, -0.25) is 4.79 Å². The first-order chi connectivity index (χ1) is 10.2. The topological polar surface area (TPSA) is 70.6 Å². The van der Waals surface area contributed by atoms with Crippen molar-refractivity contribution >= 4 is 24.0 Å². The molecule has 3 N–H and O–H groups in total. The predicted molar refractivity (Wildman–Crippen MR) is 89.8 cm³/mol. The third kappa shape index (κ3) is 5.83. The number of hydrogen-bond donors (Lipinski definition) is 3. The molecule has 0 aromatic heterocycles. The number of aliphatic hydroxyl groups is 1. The van der Waals surface area contributed by atoms with E-state index in [1.54, 1.807) is 0 Å². The lowest BCUT2D eigenvalue weighted by Crippen LogP contribution is -2.34. The Hall–Kier alpha value is -1.30. The van der Waals surface area contributed by atoms with Crippen LogP contribution in [0.3, 0.4) is 0 Å². The molecule has 1 aromatic carbocycles. The summed E-state index contributed by atoms with van der Waals surface area (Å²) >= 11 is 0. The van der Waals surface area contributed by atoms with Crippen LogP contribution in [0.2, 0.25) is 0 Å². The second-order valence-electron chi connectivity index (χ2n) is 5.43. The number of carbonyl (C=O) groups excluding carboxylic acids is 1. The number of amides is 1. The van der Waals surface area contributed by atoms with Crippen LogP contribution in [0.1, 0.15) is 32.1 Å². The minimum atomic E-state index is -0.375. The van der Waals surface area contributed by atoms with E-state index in [-0.39, 0.29) is 30.5 Å². The van der Waals surface area contributed by atoms with Gasteiger partial charge in [0.15, 0.2) is 0 Å². The molecule has 1 aliphatic carbocycles. The Bertz CT molecular complexity index is 453. The Morgan fingerprint density at radius 2 is 1.95 bits per heavy atom. The van der Waals surface area contributed by atoms with Crippen molar-refractivity contribution in [2.45, 2.75) is 44.3 Å². The van der Waals surface area contributed by atoms with Gasteiger partial charge in [-0.05, 0) is 50.6 Å². The fourth-order valence-electron chi connectivity index (χ4n) is 2.47. The summed E-state index contributed by atoms with van der Waals surface area (Å²) < 4.78 is 5.82. The van der Waals surface area contributed by atoms with Crippen LogP contribution < -0.4 is 15.4 Å². The third-order valence-corrected chi connectivity index (χ3v) is 3.70.